The highest BCUT2D eigenvalue weighted by atomic mass is 16.5. The summed E-state index contributed by atoms with van der Waals surface area (Å²) in [7, 11) is 0. The third kappa shape index (κ3) is 5.32. The number of Topliss-reactive ketones (excluding diaryl/α,β-unsaturated/α-hetero) is 1. The number of hydrogen-bond donors (Lipinski definition) is 1. The van der Waals surface area contributed by atoms with Gasteiger partial charge in [0.1, 0.15) is 5.75 Å². The van der Waals surface area contributed by atoms with Gasteiger partial charge >= 0.3 is 0 Å². The van der Waals surface area contributed by atoms with Crippen molar-refractivity contribution in [2.75, 3.05) is 0 Å². The van der Waals surface area contributed by atoms with Crippen molar-refractivity contribution in [1.29, 1.82) is 0 Å². The van der Waals surface area contributed by atoms with Gasteiger partial charge in [-0.1, -0.05) is 60.2 Å². The van der Waals surface area contributed by atoms with E-state index in [1.165, 1.54) is 6.92 Å². The molecule has 0 fully saturated rings. The van der Waals surface area contributed by atoms with Gasteiger partial charge in [0.15, 0.2) is 11.9 Å². The van der Waals surface area contributed by atoms with E-state index in [4.69, 9.17) is 4.74 Å². The van der Waals surface area contributed by atoms with Crippen LogP contribution in [0.2, 0.25) is 0 Å². The maximum atomic E-state index is 12.9. The Morgan fingerprint density at radius 3 is 2.00 bits per heavy atom. The predicted octanol–water partition coefficient (Wildman–Crippen LogP) is 4.87. The Morgan fingerprint density at radius 2 is 1.41 bits per heavy atom. The van der Waals surface area contributed by atoms with Gasteiger partial charge < -0.3 is 10.1 Å². The quantitative estimate of drug-likeness (QED) is 0.589. The molecule has 1 N–H and O–H groups in total. The second kappa shape index (κ2) is 9.20. The number of rotatable bonds is 7. The van der Waals surface area contributed by atoms with E-state index in [1.54, 1.807) is 31.2 Å². The molecular weight excluding hydrogens is 362 g/mol. The maximum absolute atomic E-state index is 12.9. The average Bonchev–Trinajstić information content (AvgIpc) is 2.73. The predicted molar refractivity (Wildman–Crippen MR) is 114 cm³/mol. The third-order valence-corrected chi connectivity index (χ3v) is 4.77. The lowest BCUT2D eigenvalue weighted by Crippen LogP contribution is -2.39. The molecule has 0 heterocycles. The molecule has 0 radical (unpaired) electrons. The molecule has 4 nitrogen and oxygen atoms in total. The molecule has 1 amide bonds. The number of ether oxygens (including phenoxy) is 1. The van der Waals surface area contributed by atoms with Gasteiger partial charge in [0, 0.05) is 5.56 Å². The summed E-state index contributed by atoms with van der Waals surface area (Å²) in [5.41, 5.74) is 3.78. The molecule has 0 saturated carbocycles. The zero-order valence-electron chi connectivity index (χ0n) is 16.9. The zero-order chi connectivity index (χ0) is 20.8. The molecule has 0 bridgehead atoms. The lowest BCUT2D eigenvalue weighted by atomic mass is 9.97. The fourth-order valence-electron chi connectivity index (χ4n) is 3.05. The molecular formula is C25H25NO3. The van der Waals surface area contributed by atoms with Crippen molar-refractivity contribution in [3.63, 3.8) is 0 Å². The summed E-state index contributed by atoms with van der Waals surface area (Å²) in [6, 6.07) is 24.5. The van der Waals surface area contributed by atoms with Crippen LogP contribution in [-0.4, -0.2) is 17.8 Å². The molecule has 3 aromatic carbocycles. The first-order chi connectivity index (χ1) is 13.9. The summed E-state index contributed by atoms with van der Waals surface area (Å²) in [5.74, 6) is 0.325. The van der Waals surface area contributed by atoms with E-state index in [2.05, 4.69) is 5.32 Å². The Morgan fingerprint density at radius 1 is 0.828 bits per heavy atom. The average molecular weight is 387 g/mol. The molecule has 0 saturated heterocycles. The molecule has 3 aromatic rings. The van der Waals surface area contributed by atoms with Gasteiger partial charge in [0.25, 0.3) is 5.91 Å². The molecule has 2 atom stereocenters. The second-order valence-electron chi connectivity index (χ2n) is 7.10. The molecule has 3 rings (SSSR count). The molecule has 148 valence electrons. The van der Waals surface area contributed by atoms with E-state index in [-0.39, 0.29) is 17.7 Å². The topological polar surface area (TPSA) is 55.4 Å². The van der Waals surface area contributed by atoms with Crippen molar-refractivity contribution in [2.45, 2.75) is 32.9 Å². The molecule has 0 aromatic heterocycles. The van der Waals surface area contributed by atoms with Crippen LogP contribution in [0.5, 0.6) is 5.75 Å². The van der Waals surface area contributed by atoms with Gasteiger partial charge in [0.2, 0.25) is 0 Å². The summed E-state index contributed by atoms with van der Waals surface area (Å²) in [5, 5.41) is 3.10. The maximum Gasteiger partial charge on any atom is 0.261 e. The SMILES string of the molecule is CC(=O)c1ccc(O[C@@H](C)C(=O)N[C@@H](c2ccccc2)c2ccc(C)cc2)cc1. The van der Waals surface area contributed by atoms with Crippen molar-refractivity contribution in [3.05, 3.63) is 101 Å². The van der Waals surface area contributed by atoms with Gasteiger partial charge in [-0.25, -0.2) is 0 Å². The van der Waals surface area contributed by atoms with Gasteiger partial charge in [-0.3, -0.25) is 9.59 Å². The first kappa shape index (κ1) is 20.3. The summed E-state index contributed by atoms with van der Waals surface area (Å²) < 4.78 is 5.78. The lowest BCUT2D eigenvalue weighted by molar-refractivity contribution is -0.127. The highest BCUT2D eigenvalue weighted by molar-refractivity contribution is 5.94. The normalized spacial score (nSPS) is 12.7. The summed E-state index contributed by atoms with van der Waals surface area (Å²) in [4.78, 5) is 24.3. The first-order valence-corrected chi connectivity index (χ1v) is 9.63. The van der Waals surface area contributed by atoms with Crippen molar-refractivity contribution in [2.24, 2.45) is 0 Å². The number of hydrogen-bond acceptors (Lipinski definition) is 3. The van der Waals surface area contributed by atoms with Crippen LogP contribution < -0.4 is 10.1 Å². The minimum atomic E-state index is -0.685. The van der Waals surface area contributed by atoms with Gasteiger partial charge in [-0.15, -0.1) is 0 Å². The number of carbonyl (C=O) groups is 2. The fourth-order valence-corrected chi connectivity index (χ4v) is 3.05. The third-order valence-electron chi connectivity index (χ3n) is 4.77. The minimum Gasteiger partial charge on any atom is -0.481 e. The molecule has 0 aliphatic carbocycles. The van der Waals surface area contributed by atoms with Crippen LogP contribution in [0, 0.1) is 6.92 Å². The van der Waals surface area contributed by atoms with Crippen LogP contribution in [0.25, 0.3) is 0 Å². The van der Waals surface area contributed by atoms with Crippen molar-refractivity contribution < 1.29 is 14.3 Å². The van der Waals surface area contributed by atoms with E-state index in [0.717, 1.165) is 16.7 Å². The number of amides is 1. The minimum absolute atomic E-state index is 0.00820. The van der Waals surface area contributed by atoms with Crippen molar-refractivity contribution >= 4 is 11.7 Å². The van der Waals surface area contributed by atoms with E-state index < -0.39 is 6.10 Å². The van der Waals surface area contributed by atoms with Crippen LogP contribution in [0.4, 0.5) is 0 Å². The Balaban J connectivity index is 1.75. The van der Waals surface area contributed by atoms with Crippen LogP contribution in [-0.2, 0) is 4.79 Å². The second-order valence-corrected chi connectivity index (χ2v) is 7.10. The fraction of sp³-hybridized carbons (Fsp3) is 0.200. The molecule has 4 heteroatoms. The summed E-state index contributed by atoms with van der Waals surface area (Å²) >= 11 is 0. The van der Waals surface area contributed by atoms with E-state index in [9.17, 15) is 9.59 Å². The van der Waals surface area contributed by atoms with Crippen molar-refractivity contribution in [3.8, 4) is 5.75 Å². The van der Waals surface area contributed by atoms with Crippen LogP contribution >= 0.6 is 0 Å². The van der Waals surface area contributed by atoms with E-state index in [0.29, 0.717) is 11.3 Å². The van der Waals surface area contributed by atoms with Gasteiger partial charge in [0.05, 0.1) is 6.04 Å². The van der Waals surface area contributed by atoms with Crippen LogP contribution in [0.3, 0.4) is 0 Å². The lowest BCUT2D eigenvalue weighted by Gasteiger charge is -2.23. The van der Waals surface area contributed by atoms with Gasteiger partial charge in [-0.2, -0.15) is 0 Å². The number of benzene rings is 3. The molecule has 29 heavy (non-hydrogen) atoms. The standard InChI is InChI=1S/C25H25NO3/c1-17-9-11-22(12-10-17)24(21-7-5-4-6-8-21)26-25(28)19(3)29-23-15-13-20(14-16-23)18(2)27/h4-16,19,24H,1-3H3,(H,26,28)/t19-,24-/m0/s1. The highest BCUT2D eigenvalue weighted by Crippen LogP contribution is 2.23. The van der Waals surface area contributed by atoms with Gasteiger partial charge in [-0.05, 0) is 56.2 Å². The number of nitrogens with one attached hydrogen (secondary N) is 1. The van der Waals surface area contributed by atoms with Crippen LogP contribution in [0.1, 0.15) is 46.9 Å². The Bertz CT molecular complexity index is 963. The van der Waals surface area contributed by atoms with E-state index in [1.807, 2.05) is 61.5 Å². The first-order valence-electron chi connectivity index (χ1n) is 9.63. The molecule has 0 spiro atoms. The molecule has 0 unspecified atom stereocenters. The Kier molecular flexibility index (Phi) is 6.45. The largest absolute Gasteiger partial charge is 0.481 e. The zero-order valence-corrected chi connectivity index (χ0v) is 16.9. The number of ketones is 1. The highest BCUT2D eigenvalue weighted by Gasteiger charge is 2.21. The van der Waals surface area contributed by atoms with E-state index >= 15 is 0 Å². The molecule has 0 aliphatic rings. The Hall–Kier alpha value is -3.40. The molecule has 0 aliphatic heterocycles. The smallest absolute Gasteiger partial charge is 0.261 e. The summed E-state index contributed by atoms with van der Waals surface area (Å²) in [6.07, 6.45) is -0.685. The number of carbonyl (C=O) groups excluding carboxylic acids is 2. The van der Waals surface area contributed by atoms with Crippen LogP contribution in [0.15, 0.2) is 78.9 Å². The Labute approximate surface area is 171 Å². The monoisotopic (exact) mass is 387 g/mol. The van der Waals surface area contributed by atoms with Crippen molar-refractivity contribution in [1.82, 2.24) is 5.32 Å². The summed E-state index contributed by atoms with van der Waals surface area (Å²) in [6.45, 7) is 5.26. The number of aryl methyl sites for hydroxylation is 1.